The third-order valence-corrected chi connectivity index (χ3v) is 9.05. The van der Waals surface area contributed by atoms with Crippen molar-refractivity contribution in [3.05, 3.63) is 82.0 Å². The maximum absolute atomic E-state index is 13.3. The van der Waals surface area contributed by atoms with E-state index in [1.165, 1.54) is 120 Å². The van der Waals surface area contributed by atoms with Crippen molar-refractivity contribution in [3.8, 4) is 0 Å². The first kappa shape index (κ1) is 36.4. The van der Waals surface area contributed by atoms with E-state index in [1.807, 2.05) is 0 Å². The standard InChI is InChI=1S/C36H52FN5O2S/c1-2-3-4-5-6-7-8-9-10-11-12-13-14-15-16-17-22-40-34(43)27-42-26-32(23-31-24-38-29-39-25-31)35(44)41-36(42)45-28-30-18-20-33(37)21-19-30/h18-21,24-26,29H,2-17,22-23,27-28H2,1H3,(H,40,43). The van der Waals surface area contributed by atoms with Crippen LogP contribution in [0.3, 0.4) is 0 Å². The van der Waals surface area contributed by atoms with Gasteiger partial charge in [0.1, 0.15) is 18.7 Å². The van der Waals surface area contributed by atoms with Crippen LogP contribution in [0.4, 0.5) is 4.39 Å². The predicted octanol–water partition coefficient (Wildman–Crippen LogP) is 8.43. The Balaban J connectivity index is 1.35. The molecule has 0 spiro atoms. The molecule has 0 bridgehead atoms. The molecule has 0 saturated carbocycles. The Morgan fingerprint density at radius 2 is 1.36 bits per heavy atom. The van der Waals surface area contributed by atoms with Crippen molar-refractivity contribution in [3.63, 3.8) is 0 Å². The number of hydrogen-bond acceptors (Lipinski definition) is 6. The van der Waals surface area contributed by atoms with E-state index in [2.05, 4.69) is 27.2 Å². The highest BCUT2D eigenvalue weighted by Gasteiger charge is 2.13. The van der Waals surface area contributed by atoms with Crippen molar-refractivity contribution in [2.24, 2.45) is 0 Å². The van der Waals surface area contributed by atoms with Crippen molar-refractivity contribution < 1.29 is 9.18 Å². The highest BCUT2D eigenvalue weighted by atomic mass is 32.2. The summed E-state index contributed by atoms with van der Waals surface area (Å²) in [5.41, 5.74) is 1.83. The van der Waals surface area contributed by atoms with Crippen LogP contribution in [-0.2, 0) is 23.5 Å². The zero-order valence-electron chi connectivity index (χ0n) is 27.2. The average molecular weight is 638 g/mol. The van der Waals surface area contributed by atoms with E-state index in [-0.39, 0.29) is 23.8 Å². The fourth-order valence-corrected chi connectivity index (χ4v) is 6.27. The van der Waals surface area contributed by atoms with Gasteiger partial charge in [-0.05, 0) is 29.7 Å². The van der Waals surface area contributed by atoms with Gasteiger partial charge in [0, 0.05) is 42.9 Å². The normalized spacial score (nSPS) is 11.2. The minimum absolute atomic E-state index is 0.0657. The van der Waals surface area contributed by atoms with Gasteiger partial charge in [0.05, 0.1) is 0 Å². The van der Waals surface area contributed by atoms with Gasteiger partial charge in [-0.15, -0.1) is 0 Å². The molecule has 0 saturated heterocycles. The van der Waals surface area contributed by atoms with Gasteiger partial charge in [-0.2, -0.15) is 4.98 Å². The molecular weight excluding hydrogens is 585 g/mol. The Labute approximate surface area is 273 Å². The Bertz CT molecular complexity index is 1290. The smallest absolute Gasteiger partial charge is 0.277 e. The summed E-state index contributed by atoms with van der Waals surface area (Å²) in [6, 6.07) is 6.24. The molecule has 0 aliphatic rings. The van der Waals surface area contributed by atoms with Crippen LogP contribution in [0.15, 0.2) is 59.1 Å². The Morgan fingerprint density at radius 1 is 0.800 bits per heavy atom. The van der Waals surface area contributed by atoms with E-state index in [0.717, 1.165) is 24.0 Å². The molecule has 0 aliphatic heterocycles. The molecule has 2 heterocycles. The second kappa shape index (κ2) is 22.4. The topological polar surface area (TPSA) is 89.8 Å². The SMILES string of the molecule is CCCCCCCCCCCCCCCCCCNC(=O)Cn1cc(Cc2cncnc2)c(=O)nc1SCc1ccc(F)cc1. The molecule has 45 heavy (non-hydrogen) atoms. The molecule has 246 valence electrons. The number of carbonyl (C=O) groups is 1. The summed E-state index contributed by atoms with van der Waals surface area (Å²) >= 11 is 1.35. The summed E-state index contributed by atoms with van der Waals surface area (Å²) in [6.45, 7) is 2.97. The van der Waals surface area contributed by atoms with Gasteiger partial charge in [-0.25, -0.2) is 14.4 Å². The Hall–Kier alpha value is -3.07. The van der Waals surface area contributed by atoms with Crippen molar-refractivity contribution in [2.45, 2.75) is 134 Å². The van der Waals surface area contributed by atoms with Crippen molar-refractivity contribution in [1.29, 1.82) is 0 Å². The van der Waals surface area contributed by atoms with Crippen molar-refractivity contribution >= 4 is 17.7 Å². The molecule has 2 aromatic heterocycles. The van der Waals surface area contributed by atoms with Crippen LogP contribution in [0, 0.1) is 5.82 Å². The van der Waals surface area contributed by atoms with Crippen LogP contribution in [0.1, 0.15) is 126 Å². The molecule has 0 unspecified atom stereocenters. The Morgan fingerprint density at radius 3 is 1.93 bits per heavy atom. The minimum Gasteiger partial charge on any atom is -0.355 e. The largest absolute Gasteiger partial charge is 0.355 e. The summed E-state index contributed by atoms with van der Waals surface area (Å²) in [5.74, 6) is 0.0902. The second-order valence-electron chi connectivity index (χ2n) is 12.0. The lowest BCUT2D eigenvalue weighted by atomic mass is 10.0. The second-order valence-corrected chi connectivity index (χ2v) is 12.9. The van der Waals surface area contributed by atoms with Crippen LogP contribution in [0.5, 0.6) is 0 Å². The van der Waals surface area contributed by atoms with E-state index in [1.54, 1.807) is 35.3 Å². The number of aromatic nitrogens is 4. The number of hydrogen-bond donors (Lipinski definition) is 1. The lowest BCUT2D eigenvalue weighted by molar-refractivity contribution is -0.121. The number of carbonyl (C=O) groups excluding carboxylic acids is 1. The van der Waals surface area contributed by atoms with Gasteiger partial charge >= 0.3 is 0 Å². The molecule has 0 radical (unpaired) electrons. The predicted molar refractivity (Wildman–Crippen MR) is 182 cm³/mol. The number of amides is 1. The summed E-state index contributed by atoms with van der Waals surface area (Å²) in [5, 5.41) is 3.49. The monoisotopic (exact) mass is 637 g/mol. The van der Waals surface area contributed by atoms with E-state index >= 15 is 0 Å². The first-order valence-corrected chi connectivity index (χ1v) is 18.0. The van der Waals surface area contributed by atoms with Gasteiger partial charge < -0.3 is 9.88 Å². The molecule has 1 aromatic carbocycles. The van der Waals surface area contributed by atoms with E-state index in [4.69, 9.17) is 0 Å². The summed E-state index contributed by atoms with van der Waals surface area (Å²) in [4.78, 5) is 38.1. The number of halogens is 1. The quantitative estimate of drug-likeness (QED) is 0.0602. The number of unbranched alkanes of at least 4 members (excludes halogenated alkanes) is 15. The summed E-state index contributed by atoms with van der Waals surface area (Å²) in [7, 11) is 0. The highest BCUT2D eigenvalue weighted by molar-refractivity contribution is 7.98. The number of thioether (sulfide) groups is 1. The summed E-state index contributed by atoms with van der Waals surface area (Å²) in [6.07, 6.45) is 27.9. The Kier molecular flexibility index (Phi) is 18.1. The van der Waals surface area contributed by atoms with Crippen LogP contribution in [-0.4, -0.2) is 32.0 Å². The van der Waals surface area contributed by atoms with Crippen LogP contribution in [0.2, 0.25) is 0 Å². The van der Waals surface area contributed by atoms with Crippen LogP contribution in [0.25, 0.3) is 0 Å². The third-order valence-electron chi connectivity index (χ3n) is 7.99. The molecule has 0 fully saturated rings. The molecule has 3 rings (SSSR count). The van der Waals surface area contributed by atoms with Crippen molar-refractivity contribution in [1.82, 2.24) is 24.8 Å². The highest BCUT2D eigenvalue weighted by Crippen LogP contribution is 2.21. The molecular formula is C36H52FN5O2S. The molecule has 1 amide bonds. The fraction of sp³-hybridized carbons (Fsp3) is 0.583. The third kappa shape index (κ3) is 15.7. The minimum atomic E-state index is -0.342. The molecule has 0 aliphatic carbocycles. The van der Waals surface area contributed by atoms with E-state index in [0.29, 0.717) is 29.4 Å². The maximum Gasteiger partial charge on any atom is 0.277 e. The molecule has 7 nitrogen and oxygen atoms in total. The van der Waals surface area contributed by atoms with Gasteiger partial charge in [-0.3, -0.25) is 9.59 Å². The fourth-order valence-electron chi connectivity index (χ4n) is 5.35. The van der Waals surface area contributed by atoms with E-state index < -0.39 is 0 Å². The molecule has 3 aromatic rings. The molecule has 9 heteroatoms. The number of nitrogens with one attached hydrogen (secondary N) is 1. The average Bonchev–Trinajstić information content (AvgIpc) is 3.04. The van der Waals surface area contributed by atoms with Crippen molar-refractivity contribution in [2.75, 3.05) is 6.54 Å². The van der Waals surface area contributed by atoms with E-state index in [9.17, 15) is 14.0 Å². The lowest BCUT2D eigenvalue weighted by Gasteiger charge is -2.14. The van der Waals surface area contributed by atoms with Gasteiger partial charge in [-0.1, -0.05) is 127 Å². The van der Waals surface area contributed by atoms with Crippen LogP contribution >= 0.6 is 11.8 Å². The molecule has 0 atom stereocenters. The molecule has 1 N–H and O–H groups in total. The number of rotatable bonds is 24. The van der Waals surface area contributed by atoms with Crippen LogP contribution < -0.4 is 10.9 Å². The lowest BCUT2D eigenvalue weighted by Crippen LogP contribution is -2.30. The first-order valence-electron chi connectivity index (χ1n) is 17.0. The zero-order chi connectivity index (χ0) is 32.0. The zero-order valence-corrected chi connectivity index (χ0v) is 28.0. The van der Waals surface area contributed by atoms with Gasteiger partial charge in [0.25, 0.3) is 5.56 Å². The number of nitrogens with zero attached hydrogens (tertiary/aromatic N) is 4. The number of benzene rings is 1. The van der Waals surface area contributed by atoms with Gasteiger partial charge in [0.15, 0.2) is 5.16 Å². The first-order chi connectivity index (χ1) is 22.0. The summed E-state index contributed by atoms with van der Waals surface area (Å²) < 4.78 is 15.1. The van der Waals surface area contributed by atoms with Gasteiger partial charge in [0.2, 0.25) is 5.91 Å². The maximum atomic E-state index is 13.3.